The molecule has 0 amide bonds. The van der Waals surface area contributed by atoms with Gasteiger partial charge in [0.15, 0.2) is 6.10 Å². The average Bonchev–Trinajstić information content (AvgIpc) is 2.51. The van der Waals surface area contributed by atoms with E-state index in [2.05, 4.69) is 20.9 Å². The zero-order valence-electron chi connectivity index (χ0n) is 12.0. The lowest BCUT2D eigenvalue weighted by Crippen LogP contribution is -2.16. The lowest BCUT2D eigenvalue weighted by Gasteiger charge is -2.17. The molecule has 0 aromatic heterocycles. The highest BCUT2D eigenvalue weighted by Crippen LogP contribution is 2.34. The molecule has 0 bridgehead atoms. The highest BCUT2D eigenvalue weighted by molar-refractivity contribution is 9.10. The lowest BCUT2D eigenvalue weighted by molar-refractivity contribution is 0.135. The van der Waals surface area contributed by atoms with E-state index in [1.54, 1.807) is 25.3 Å². The molecule has 116 valence electrons. The minimum absolute atomic E-state index is 0.375. The van der Waals surface area contributed by atoms with Gasteiger partial charge in [-0.25, -0.2) is 4.99 Å². The fourth-order valence-corrected chi connectivity index (χ4v) is 2.68. The molecule has 1 atom stereocenters. The molecule has 0 aliphatic carbocycles. The third-order valence-corrected chi connectivity index (χ3v) is 4.14. The van der Waals surface area contributed by atoms with E-state index in [4.69, 9.17) is 32.7 Å². The molecule has 0 N–H and O–H groups in total. The summed E-state index contributed by atoms with van der Waals surface area (Å²) in [6.45, 7) is 0. The van der Waals surface area contributed by atoms with E-state index in [0.29, 0.717) is 21.6 Å². The Morgan fingerprint density at radius 1 is 1.05 bits per heavy atom. The van der Waals surface area contributed by atoms with Crippen molar-refractivity contribution in [2.45, 2.75) is 6.10 Å². The molecule has 0 spiro atoms. The van der Waals surface area contributed by atoms with Crippen LogP contribution in [-0.2, 0) is 9.47 Å². The van der Waals surface area contributed by atoms with Gasteiger partial charge < -0.3 is 9.47 Å². The number of rotatable bonds is 4. The molecule has 2 rings (SSSR count). The van der Waals surface area contributed by atoms with Crippen molar-refractivity contribution in [2.75, 3.05) is 14.2 Å². The molecule has 0 saturated heterocycles. The number of aliphatic imine (C=N–C) groups is 1. The summed E-state index contributed by atoms with van der Waals surface area (Å²) < 4.78 is 11.9. The van der Waals surface area contributed by atoms with Crippen LogP contribution >= 0.6 is 39.1 Å². The second-order valence-electron chi connectivity index (χ2n) is 4.39. The van der Waals surface area contributed by atoms with Gasteiger partial charge in [-0.3, -0.25) is 0 Å². The molecule has 22 heavy (non-hydrogen) atoms. The van der Waals surface area contributed by atoms with Gasteiger partial charge in [0.2, 0.25) is 5.90 Å². The smallest absolute Gasteiger partial charge is 0.223 e. The number of hydrogen-bond acceptors (Lipinski definition) is 3. The van der Waals surface area contributed by atoms with E-state index < -0.39 is 6.10 Å². The molecule has 0 aliphatic heterocycles. The van der Waals surface area contributed by atoms with Crippen molar-refractivity contribution < 1.29 is 9.47 Å². The molecule has 0 aliphatic rings. The monoisotopic (exact) mass is 401 g/mol. The maximum atomic E-state index is 6.15. The number of hydrogen-bond donors (Lipinski definition) is 0. The minimum Gasteiger partial charge on any atom is -0.482 e. The quantitative estimate of drug-likeness (QED) is 0.476. The molecule has 3 nitrogen and oxygen atoms in total. The fraction of sp³-hybridized carbons (Fsp3) is 0.188. The Balaban J connectivity index is 2.44. The van der Waals surface area contributed by atoms with E-state index in [1.165, 1.54) is 7.11 Å². The zero-order valence-corrected chi connectivity index (χ0v) is 15.1. The van der Waals surface area contributed by atoms with Crippen LogP contribution in [0.25, 0.3) is 0 Å². The van der Waals surface area contributed by atoms with E-state index in [1.807, 2.05) is 24.3 Å². The Morgan fingerprint density at radius 2 is 1.64 bits per heavy atom. The number of ether oxygens (including phenoxy) is 2. The summed E-state index contributed by atoms with van der Waals surface area (Å²) in [5.41, 5.74) is 1.37. The van der Waals surface area contributed by atoms with Crippen LogP contribution in [0.15, 0.2) is 51.9 Å². The SMILES string of the molecule is COC(=Nc1c(Cl)cccc1Cl)C(OC)c1ccc(Br)cc1. The third kappa shape index (κ3) is 4.02. The third-order valence-electron chi connectivity index (χ3n) is 3.00. The van der Waals surface area contributed by atoms with Crippen molar-refractivity contribution in [1.29, 1.82) is 0 Å². The van der Waals surface area contributed by atoms with Gasteiger partial charge in [-0.1, -0.05) is 57.3 Å². The molecule has 2 aromatic carbocycles. The van der Waals surface area contributed by atoms with E-state index in [-0.39, 0.29) is 0 Å². The summed E-state index contributed by atoms with van der Waals surface area (Å²) in [6, 6.07) is 12.9. The van der Waals surface area contributed by atoms with Crippen LogP contribution in [0.4, 0.5) is 5.69 Å². The molecule has 0 radical (unpaired) electrons. The number of para-hydroxylation sites is 1. The number of methoxy groups -OCH3 is 2. The van der Waals surface area contributed by atoms with Crippen molar-refractivity contribution in [3.63, 3.8) is 0 Å². The first kappa shape index (κ1) is 17.3. The normalized spacial score (nSPS) is 13.0. The number of benzene rings is 2. The van der Waals surface area contributed by atoms with E-state index in [0.717, 1.165) is 10.0 Å². The van der Waals surface area contributed by atoms with E-state index in [9.17, 15) is 0 Å². The molecule has 0 saturated carbocycles. The van der Waals surface area contributed by atoms with Crippen LogP contribution < -0.4 is 0 Å². The summed E-state index contributed by atoms with van der Waals surface area (Å²) in [6.07, 6.45) is -0.453. The Labute approximate surface area is 148 Å². The van der Waals surface area contributed by atoms with Crippen molar-refractivity contribution in [3.8, 4) is 0 Å². The topological polar surface area (TPSA) is 30.8 Å². The molecular weight excluding hydrogens is 389 g/mol. The maximum Gasteiger partial charge on any atom is 0.223 e. The highest BCUT2D eigenvalue weighted by atomic mass is 79.9. The lowest BCUT2D eigenvalue weighted by atomic mass is 10.1. The molecule has 2 aromatic rings. The van der Waals surface area contributed by atoms with Gasteiger partial charge in [0, 0.05) is 11.6 Å². The van der Waals surface area contributed by atoms with Crippen LogP contribution in [0.3, 0.4) is 0 Å². The number of halogens is 3. The van der Waals surface area contributed by atoms with Crippen molar-refractivity contribution in [2.24, 2.45) is 4.99 Å². The molecule has 1 unspecified atom stereocenters. The molecular formula is C16H14BrCl2NO2. The Kier molecular flexibility index (Phi) is 6.26. The van der Waals surface area contributed by atoms with Gasteiger partial charge in [0.25, 0.3) is 0 Å². The van der Waals surface area contributed by atoms with Gasteiger partial charge in [-0.15, -0.1) is 0 Å². The van der Waals surface area contributed by atoms with Crippen molar-refractivity contribution >= 4 is 50.7 Å². The Morgan fingerprint density at radius 3 is 2.14 bits per heavy atom. The van der Waals surface area contributed by atoms with Gasteiger partial charge in [-0.05, 0) is 29.8 Å². The van der Waals surface area contributed by atoms with Crippen LogP contribution in [0.2, 0.25) is 10.0 Å². The summed E-state index contributed by atoms with van der Waals surface area (Å²) in [7, 11) is 3.13. The summed E-state index contributed by atoms with van der Waals surface area (Å²) >= 11 is 15.7. The zero-order chi connectivity index (χ0) is 16.1. The van der Waals surface area contributed by atoms with Crippen molar-refractivity contribution in [3.05, 3.63) is 62.5 Å². The Hall–Kier alpha value is -1.07. The fourth-order valence-electron chi connectivity index (χ4n) is 1.93. The van der Waals surface area contributed by atoms with Gasteiger partial charge in [0.1, 0.15) is 5.69 Å². The second kappa shape index (κ2) is 7.97. The highest BCUT2D eigenvalue weighted by Gasteiger charge is 2.20. The Bertz CT molecular complexity index is 654. The number of nitrogens with zero attached hydrogens (tertiary/aromatic N) is 1. The van der Waals surface area contributed by atoms with Crippen molar-refractivity contribution in [1.82, 2.24) is 0 Å². The maximum absolute atomic E-state index is 6.15. The van der Waals surface area contributed by atoms with Crippen LogP contribution in [-0.4, -0.2) is 20.1 Å². The summed E-state index contributed by atoms with van der Waals surface area (Å²) in [5, 5.41) is 0.903. The average molecular weight is 403 g/mol. The van der Waals surface area contributed by atoms with Crippen LogP contribution in [0, 0.1) is 0 Å². The molecule has 0 heterocycles. The van der Waals surface area contributed by atoms with E-state index >= 15 is 0 Å². The first-order valence-electron chi connectivity index (χ1n) is 6.41. The minimum atomic E-state index is -0.453. The summed E-state index contributed by atoms with van der Waals surface area (Å²) in [4.78, 5) is 4.44. The van der Waals surface area contributed by atoms with Gasteiger partial charge in [0.05, 0.1) is 17.2 Å². The van der Waals surface area contributed by atoms with Gasteiger partial charge >= 0.3 is 0 Å². The van der Waals surface area contributed by atoms with Crippen LogP contribution in [0.1, 0.15) is 11.7 Å². The standard InChI is InChI=1S/C16H14BrCl2NO2/c1-21-15(10-6-8-11(17)9-7-10)16(22-2)20-14-12(18)4-3-5-13(14)19/h3-9,15H,1-2H3. The van der Waals surface area contributed by atoms with Gasteiger partial charge in [-0.2, -0.15) is 0 Å². The largest absolute Gasteiger partial charge is 0.482 e. The first-order chi connectivity index (χ1) is 10.6. The molecule has 0 fully saturated rings. The predicted molar refractivity (Wildman–Crippen MR) is 94.5 cm³/mol. The predicted octanol–water partition coefficient (Wildman–Crippen LogP) is 5.82. The summed E-state index contributed by atoms with van der Waals surface area (Å²) in [5.74, 6) is 0.375. The van der Waals surface area contributed by atoms with Crippen LogP contribution in [0.5, 0.6) is 0 Å². The second-order valence-corrected chi connectivity index (χ2v) is 6.12. The molecule has 6 heteroatoms. The first-order valence-corrected chi connectivity index (χ1v) is 7.96.